The van der Waals surface area contributed by atoms with Crippen LogP contribution in [0, 0.1) is 0 Å². The van der Waals surface area contributed by atoms with Gasteiger partial charge in [0.25, 0.3) is 0 Å². The van der Waals surface area contributed by atoms with Gasteiger partial charge in [-0.15, -0.1) is 11.6 Å². The number of nitrogens with zero attached hydrogens (tertiary/aromatic N) is 1. The molecule has 0 fully saturated rings. The summed E-state index contributed by atoms with van der Waals surface area (Å²) in [6.07, 6.45) is 3.81. The van der Waals surface area contributed by atoms with Crippen molar-refractivity contribution >= 4 is 17.4 Å². The molecule has 0 aliphatic rings. The molecule has 1 aromatic heterocycles. The minimum Gasteiger partial charge on any atom is -0.495 e. The van der Waals surface area contributed by atoms with Crippen molar-refractivity contribution < 1.29 is 4.74 Å². The zero-order valence-electron chi connectivity index (χ0n) is 9.16. The molecule has 0 radical (unpaired) electrons. The molecule has 1 heterocycles. The lowest BCUT2D eigenvalue weighted by atomic mass is 10.2. The Labute approximate surface area is 95.8 Å². The zero-order valence-corrected chi connectivity index (χ0v) is 9.92. The largest absolute Gasteiger partial charge is 0.495 e. The average Bonchev–Trinajstić information content (AvgIpc) is 2.27. The monoisotopic (exact) mass is 228 g/mol. The van der Waals surface area contributed by atoms with E-state index >= 15 is 0 Å². The number of anilines is 1. The lowest BCUT2D eigenvalue weighted by Crippen LogP contribution is -2.14. The highest BCUT2D eigenvalue weighted by atomic mass is 35.5. The summed E-state index contributed by atoms with van der Waals surface area (Å²) in [5.41, 5.74) is 0. The molecule has 0 saturated carbocycles. The highest BCUT2D eigenvalue weighted by molar-refractivity contribution is 6.20. The molecular formula is C11H17ClN2O. The molecule has 3 nitrogen and oxygen atoms in total. The summed E-state index contributed by atoms with van der Waals surface area (Å²) >= 11 is 6.07. The second-order valence-corrected chi connectivity index (χ2v) is 3.97. The summed E-state index contributed by atoms with van der Waals surface area (Å²) in [4.78, 5) is 4.19. The van der Waals surface area contributed by atoms with Gasteiger partial charge in [-0.05, 0) is 18.6 Å². The van der Waals surface area contributed by atoms with Gasteiger partial charge >= 0.3 is 0 Å². The molecule has 0 aromatic carbocycles. The number of ether oxygens (including phenoxy) is 1. The molecule has 4 heteroatoms. The molecule has 84 valence electrons. The van der Waals surface area contributed by atoms with E-state index in [9.17, 15) is 0 Å². The molecule has 15 heavy (non-hydrogen) atoms. The van der Waals surface area contributed by atoms with Crippen molar-refractivity contribution in [3.05, 3.63) is 18.3 Å². The summed E-state index contributed by atoms with van der Waals surface area (Å²) < 4.78 is 5.02. The average molecular weight is 229 g/mol. The first-order chi connectivity index (χ1) is 7.26. The molecule has 0 saturated heterocycles. The Balaban J connectivity index is 2.37. The van der Waals surface area contributed by atoms with Crippen LogP contribution in [-0.4, -0.2) is 24.0 Å². The van der Waals surface area contributed by atoms with E-state index < -0.39 is 0 Å². The van der Waals surface area contributed by atoms with Crippen LogP contribution in [0.4, 0.5) is 5.82 Å². The van der Waals surface area contributed by atoms with E-state index in [1.54, 1.807) is 13.3 Å². The van der Waals surface area contributed by atoms with E-state index in [0.29, 0.717) is 0 Å². The highest BCUT2D eigenvalue weighted by Gasteiger charge is 2.02. The van der Waals surface area contributed by atoms with Gasteiger partial charge in [0.2, 0.25) is 0 Å². The van der Waals surface area contributed by atoms with Gasteiger partial charge in [0.1, 0.15) is 11.6 Å². The van der Waals surface area contributed by atoms with Gasteiger partial charge in [-0.25, -0.2) is 4.98 Å². The number of methoxy groups -OCH3 is 1. The van der Waals surface area contributed by atoms with Crippen LogP contribution in [0.3, 0.4) is 0 Å². The number of hydrogen-bond donors (Lipinski definition) is 1. The van der Waals surface area contributed by atoms with Gasteiger partial charge in [0, 0.05) is 6.54 Å². The van der Waals surface area contributed by atoms with Crippen molar-refractivity contribution in [2.45, 2.75) is 25.1 Å². The third-order valence-corrected chi connectivity index (χ3v) is 2.45. The van der Waals surface area contributed by atoms with E-state index in [1.165, 1.54) is 0 Å². The fourth-order valence-corrected chi connectivity index (χ4v) is 1.53. The van der Waals surface area contributed by atoms with Crippen LogP contribution in [0.5, 0.6) is 5.75 Å². The van der Waals surface area contributed by atoms with Crippen LogP contribution < -0.4 is 10.1 Å². The molecule has 0 amide bonds. The first kappa shape index (κ1) is 12.1. The first-order valence-corrected chi connectivity index (χ1v) is 5.58. The van der Waals surface area contributed by atoms with Crippen molar-refractivity contribution in [2.75, 3.05) is 19.0 Å². The van der Waals surface area contributed by atoms with Gasteiger partial charge in [-0.2, -0.15) is 0 Å². The lowest BCUT2D eigenvalue weighted by molar-refractivity contribution is 0.413. The number of halogens is 1. The van der Waals surface area contributed by atoms with Gasteiger partial charge < -0.3 is 10.1 Å². The van der Waals surface area contributed by atoms with Crippen LogP contribution in [0.25, 0.3) is 0 Å². The van der Waals surface area contributed by atoms with E-state index in [1.807, 2.05) is 12.1 Å². The Morgan fingerprint density at radius 2 is 2.33 bits per heavy atom. The third kappa shape index (κ3) is 4.38. The maximum atomic E-state index is 6.07. The predicted molar refractivity (Wildman–Crippen MR) is 63.8 cm³/mol. The number of aromatic nitrogens is 1. The molecule has 1 N–H and O–H groups in total. The topological polar surface area (TPSA) is 34.1 Å². The number of rotatable bonds is 6. The molecule has 0 aliphatic heterocycles. The van der Waals surface area contributed by atoms with Gasteiger partial charge in [0.15, 0.2) is 0 Å². The summed E-state index contributed by atoms with van der Waals surface area (Å²) in [6.45, 7) is 2.87. The second-order valence-electron chi connectivity index (χ2n) is 3.35. The number of alkyl halides is 1. The molecule has 1 unspecified atom stereocenters. The van der Waals surface area contributed by atoms with Crippen LogP contribution >= 0.6 is 11.6 Å². The quantitative estimate of drug-likeness (QED) is 0.761. The van der Waals surface area contributed by atoms with E-state index in [4.69, 9.17) is 16.3 Å². The van der Waals surface area contributed by atoms with E-state index in [-0.39, 0.29) is 5.38 Å². The molecular weight excluding hydrogens is 212 g/mol. The molecule has 0 aliphatic carbocycles. The van der Waals surface area contributed by atoms with Gasteiger partial charge in [-0.3, -0.25) is 0 Å². The Kier molecular flexibility index (Phi) is 5.26. The van der Waals surface area contributed by atoms with E-state index in [2.05, 4.69) is 17.2 Å². The van der Waals surface area contributed by atoms with Gasteiger partial charge in [-0.1, -0.05) is 13.3 Å². The Bertz CT molecular complexity index is 276. The van der Waals surface area contributed by atoms with Crippen LogP contribution in [0.1, 0.15) is 19.8 Å². The molecule has 1 aromatic rings. The first-order valence-electron chi connectivity index (χ1n) is 5.14. The Morgan fingerprint density at radius 1 is 1.53 bits per heavy atom. The van der Waals surface area contributed by atoms with Crippen LogP contribution in [-0.2, 0) is 0 Å². The minimum atomic E-state index is 0.166. The molecule has 1 rings (SSSR count). The van der Waals surface area contributed by atoms with Crippen LogP contribution in [0.2, 0.25) is 0 Å². The summed E-state index contributed by atoms with van der Waals surface area (Å²) in [5, 5.41) is 3.35. The number of pyridine rings is 1. The van der Waals surface area contributed by atoms with Crippen molar-refractivity contribution in [1.82, 2.24) is 4.98 Å². The summed E-state index contributed by atoms with van der Waals surface area (Å²) in [7, 11) is 1.63. The summed E-state index contributed by atoms with van der Waals surface area (Å²) in [6, 6.07) is 3.76. The summed E-state index contributed by atoms with van der Waals surface area (Å²) in [5.74, 6) is 1.59. The zero-order chi connectivity index (χ0) is 11.1. The SMILES string of the molecule is CCCC(Cl)CNc1ccc(OC)cn1. The lowest BCUT2D eigenvalue weighted by Gasteiger charge is -2.10. The van der Waals surface area contributed by atoms with Crippen molar-refractivity contribution in [1.29, 1.82) is 0 Å². The maximum Gasteiger partial charge on any atom is 0.137 e. The van der Waals surface area contributed by atoms with Gasteiger partial charge in [0.05, 0.1) is 18.7 Å². The van der Waals surface area contributed by atoms with Crippen molar-refractivity contribution in [3.8, 4) is 5.75 Å². The second kappa shape index (κ2) is 6.51. The van der Waals surface area contributed by atoms with Crippen molar-refractivity contribution in [2.24, 2.45) is 0 Å². The van der Waals surface area contributed by atoms with E-state index in [0.717, 1.165) is 31.0 Å². The molecule has 0 spiro atoms. The smallest absolute Gasteiger partial charge is 0.137 e. The maximum absolute atomic E-state index is 6.07. The van der Waals surface area contributed by atoms with Crippen molar-refractivity contribution in [3.63, 3.8) is 0 Å². The predicted octanol–water partition coefficient (Wildman–Crippen LogP) is 2.91. The number of hydrogen-bond acceptors (Lipinski definition) is 3. The Hall–Kier alpha value is -0.960. The molecule has 1 atom stereocenters. The van der Waals surface area contributed by atoms with Crippen LogP contribution in [0.15, 0.2) is 18.3 Å². The minimum absolute atomic E-state index is 0.166. The normalized spacial score (nSPS) is 12.2. The highest BCUT2D eigenvalue weighted by Crippen LogP contribution is 2.12. The Morgan fingerprint density at radius 3 is 2.87 bits per heavy atom. The molecule has 0 bridgehead atoms. The number of nitrogens with one attached hydrogen (secondary N) is 1. The third-order valence-electron chi connectivity index (χ3n) is 2.08. The fraction of sp³-hybridized carbons (Fsp3) is 0.545. The standard InChI is InChI=1S/C11H17ClN2O/c1-3-4-9(12)7-13-11-6-5-10(15-2)8-14-11/h5-6,8-9H,3-4,7H2,1-2H3,(H,13,14). The fourth-order valence-electron chi connectivity index (χ4n) is 1.24.